The number of hydrogen-bond donors (Lipinski definition) is 0. The van der Waals surface area contributed by atoms with E-state index in [2.05, 4.69) is 91.1 Å². The summed E-state index contributed by atoms with van der Waals surface area (Å²) in [6.07, 6.45) is 16.4. The summed E-state index contributed by atoms with van der Waals surface area (Å²) in [5.41, 5.74) is 6.22. The third-order valence-electron chi connectivity index (χ3n) is 5.52. The minimum atomic E-state index is 0.211. The quantitative estimate of drug-likeness (QED) is 0.503. The lowest BCUT2D eigenvalue weighted by Crippen LogP contribution is -2.25. The smallest absolute Gasteiger partial charge is 0.0133 e. The Balaban J connectivity index is 1.78. The van der Waals surface area contributed by atoms with Gasteiger partial charge in [0.15, 0.2) is 0 Å². The van der Waals surface area contributed by atoms with E-state index in [-0.39, 0.29) is 5.41 Å². The zero-order chi connectivity index (χ0) is 15.3. The molecule has 0 amide bonds. The second kappa shape index (κ2) is 5.23. The SMILES string of the molecule is CC1(C)c2cc(I)ccc2C2C=CC(C3=CC=CCC3)=CC21. The van der Waals surface area contributed by atoms with E-state index in [4.69, 9.17) is 0 Å². The van der Waals surface area contributed by atoms with E-state index in [1.165, 1.54) is 38.7 Å². The van der Waals surface area contributed by atoms with Crippen LogP contribution in [0.1, 0.15) is 43.7 Å². The maximum absolute atomic E-state index is 2.54. The minimum Gasteiger partial charge on any atom is -0.0842 e. The zero-order valence-electron chi connectivity index (χ0n) is 13.1. The van der Waals surface area contributed by atoms with E-state index >= 15 is 0 Å². The number of fused-ring (bicyclic) bond motifs is 3. The van der Waals surface area contributed by atoms with Gasteiger partial charge in [0.1, 0.15) is 0 Å². The van der Waals surface area contributed by atoms with Gasteiger partial charge in [-0.25, -0.2) is 0 Å². The van der Waals surface area contributed by atoms with Gasteiger partial charge in [-0.1, -0.05) is 56.4 Å². The van der Waals surface area contributed by atoms with Crippen LogP contribution < -0.4 is 0 Å². The largest absolute Gasteiger partial charge is 0.0842 e. The van der Waals surface area contributed by atoms with Crippen molar-refractivity contribution >= 4 is 22.6 Å². The van der Waals surface area contributed by atoms with Crippen LogP contribution in [0, 0.1) is 9.49 Å². The molecule has 0 N–H and O–H groups in total. The molecule has 0 saturated heterocycles. The van der Waals surface area contributed by atoms with Gasteiger partial charge in [-0.05, 0) is 81.2 Å². The molecule has 3 aliphatic rings. The van der Waals surface area contributed by atoms with Crippen molar-refractivity contribution in [2.45, 2.75) is 38.0 Å². The van der Waals surface area contributed by atoms with Crippen LogP contribution in [0.3, 0.4) is 0 Å². The second-order valence-electron chi connectivity index (χ2n) is 7.14. The molecule has 4 rings (SSSR count). The summed E-state index contributed by atoms with van der Waals surface area (Å²) >= 11 is 2.43. The number of halogens is 1. The van der Waals surface area contributed by atoms with Gasteiger partial charge in [0, 0.05) is 9.49 Å². The summed E-state index contributed by atoms with van der Waals surface area (Å²) in [7, 11) is 0. The van der Waals surface area contributed by atoms with E-state index in [1.54, 1.807) is 0 Å². The Kier molecular flexibility index (Phi) is 3.44. The van der Waals surface area contributed by atoms with Gasteiger partial charge >= 0.3 is 0 Å². The molecule has 0 heterocycles. The van der Waals surface area contributed by atoms with E-state index in [0.29, 0.717) is 11.8 Å². The van der Waals surface area contributed by atoms with Crippen LogP contribution >= 0.6 is 22.6 Å². The molecular formula is C21H21I. The molecule has 2 unspecified atom stereocenters. The summed E-state index contributed by atoms with van der Waals surface area (Å²) < 4.78 is 1.34. The average molecular weight is 400 g/mol. The van der Waals surface area contributed by atoms with E-state index < -0.39 is 0 Å². The zero-order valence-corrected chi connectivity index (χ0v) is 15.3. The summed E-state index contributed by atoms with van der Waals surface area (Å²) in [5.74, 6) is 1.12. The Morgan fingerprint density at radius 1 is 1.23 bits per heavy atom. The van der Waals surface area contributed by atoms with Gasteiger partial charge in [-0.3, -0.25) is 0 Å². The van der Waals surface area contributed by atoms with Gasteiger partial charge in [-0.2, -0.15) is 0 Å². The molecule has 0 fully saturated rings. The first-order valence-corrected chi connectivity index (χ1v) is 9.21. The molecule has 1 aromatic carbocycles. The summed E-state index contributed by atoms with van der Waals surface area (Å²) in [4.78, 5) is 0. The first-order valence-electron chi connectivity index (χ1n) is 8.13. The molecule has 0 aliphatic heterocycles. The molecule has 1 heteroatoms. The number of hydrogen-bond acceptors (Lipinski definition) is 0. The molecule has 22 heavy (non-hydrogen) atoms. The number of allylic oxidation sites excluding steroid dienone is 8. The highest BCUT2D eigenvalue weighted by molar-refractivity contribution is 14.1. The van der Waals surface area contributed by atoms with Crippen molar-refractivity contribution in [2.75, 3.05) is 0 Å². The first-order chi connectivity index (χ1) is 10.6. The van der Waals surface area contributed by atoms with Gasteiger partial charge in [0.25, 0.3) is 0 Å². The van der Waals surface area contributed by atoms with Crippen LogP contribution in [0.5, 0.6) is 0 Å². The van der Waals surface area contributed by atoms with Crippen molar-refractivity contribution in [2.24, 2.45) is 5.92 Å². The summed E-state index contributed by atoms with van der Waals surface area (Å²) in [5, 5.41) is 0. The maximum Gasteiger partial charge on any atom is 0.0133 e. The predicted octanol–water partition coefficient (Wildman–Crippen LogP) is 6.05. The topological polar surface area (TPSA) is 0 Å². The van der Waals surface area contributed by atoms with Crippen molar-refractivity contribution in [3.63, 3.8) is 0 Å². The molecule has 2 atom stereocenters. The predicted molar refractivity (Wildman–Crippen MR) is 102 cm³/mol. The van der Waals surface area contributed by atoms with Gasteiger partial charge in [0.05, 0.1) is 0 Å². The van der Waals surface area contributed by atoms with Crippen LogP contribution in [0.2, 0.25) is 0 Å². The standard InChI is InChI=1S/C21H21I/c1-21(2)19-12-15(14-6-4-3-5-7-14)8-10-17(19)18-11-9-16(22)13-20(18)21/h3-4,6,8-13,17,19H,5,7H2,1-2H3. The van der Waals surface area contributed by atoms with Gasteiger partial charge in [0.2, 0.25) is 0 Å². The van der Waals surface area contributed by atoms with Crippen molar-refractivity contribution in [3.8, 4) is 0 Å². The molecule has 0 nitrogen and oxygen atoms in total. The monoisotopic (exact) mass is 400 g/mol. The van der Waals surface area contributed by atoms with E-state index in [1.807, 2.05) is 0 Å². The van der Waals surface area contributed by atoms with Gasteiger partial charge in [-0.15, -0.1) is 0 Å². The number of benzene rings is 1. The van der Waals surface area contributed by atoms with Crippen molar-refractivity contribution < 1.29 is 0 Å². The van der Waals surface area contributed by atoms with Crippen LogP contribution in [-0.2, 0) is 5.41 Å². The third-order valence-corrected chi connectivity index (χ3v) is 6.19. The average Bonchev–Trinajstić information content (AvgIpc) is 2.76. The molecule has 3 aliphatic carbocycles. The van der Waals surface area contributed by atoms with E-state index in [9.17, 15) is 0 Å². The van der Waals surface area contributed by atoms with Crippen LogP contribution in [0.25, 0.3) is 0 Å². The van der Waals surface area contributed by atoms with E-state index in [0.717, 1.165) is 0 Å². The normalized spacial score (nSPS) is 28.0. The Morgan fingerprint density at radius 2 is 2.09 bits per heavy atom. The Labute approximate surface area is 146 Å². The van der Waals surface area contributed by atoms with Gasteiger partial charge < -0.3 is 0 Å². The minimum absolute atomic E-state index is 0.211. The fourth-order valence-electron chi connectivity index (χ4n) is 4.25. The van der Waals surface area contributed by atoms with Crippen LogP contribution in [-0.4, -0.2) is 0 Å². The molecule has 0 radical (unpaired) electrons. The van der Waals surface area contributed by atoms with Crippen molar-refractivity contribution in [1.29, 1.82) is 0 Å². The third kappa shape index (κ3) is 2.17. The maximum atomic E-state index is 2.54. The summed E-state index contributed by atoms with van der Waals surface area (Å²) in [6, 6.07) is 6.98. The molecule has 0 aromatic heterocycles. The fraction of sp³-hybridized carbons (Fsp3) is 0.333. The summed E-state index contributed by atoms with van der Waals surface area (Å²) in [6.45, 7) is 4.82. The van der Waals surface area contributed by atoms with Crippen LogP contribution in [0.15, 0.2) is 65.8 Å². The molecule has 0 bridgehead atoms. The Bertz CT molecular complexity index is 743. The first kappa shape index (κ1) is 14.5. The molecule has 1 aromatic rings. The molecule has 112 valence electrons. The highest BCUT2D eigenvalue weighted by atomic mass is 127. The van der Waals surface area contributed by atoms with Crippen molar-refractivity contribution in [1.82, 2.24) is 0 Å². The highest BCUT2D eigenvalue weighted by Crippen LogP contribution is 2.54. The molecule has 0 saturated carbocycles. The Morgan fingerprint density at radius 3 is 2.86 bits per heavy atom. The molecule has 0 spiro atoms. The van der Waals surface area contributed by atoms with Crippen LogP contribution in [0.4, 0.5) is 0 Å². The highest BCUT2D eigenvalue weighted by Gasteiger charge is 2.45. The lowest BCUT2D eigenvalue weighted by molar-refractivity contribution is 0.392. The number of rotatable bonds is 1. The lowest BCUT2D eigenvalue weighted by Gasteiger charge is -2.31. The van der Waals surface area contributed by atoms with Crippen molar-refractivity contribution in [3.05, 3.63) is 80.5 Å². The lowest BCUT2D eigenvalue weighted by atomic mass is 9.72. The molecular weight excluding hydrogens is 379 g/mol. The second-order valence-corrected chi connectivity index (χ2v) is 8.39. The Hall–Kier alpha value is -1.09. The fourth-order valence-corrected chi connectivity index (χ4v) is 4.74.